The molecule has 22 heavy (non-hydrogen) atoms. The van der Waals surface area contributed by atoms with E-state index < -0.39 is 5.60 Å². The number of nitrogen functional groups attached to an aromatic ring is 1. The molecule has 122 valence electrons. The van der Waals surface area contributed by atoms with Crippen LogP contribution in [0.4, 0.5) is 16.2 Å². The molecule has 2 atom stereocenters. The molecule has 1 heterocycles. The summed E-state index contributed by atoms with van der Waals surface area (Å²) in [6.07, 6.45) is 1.54. The number of carbonyl (C=O) groups is 1. The van der Waals surface area contributed by atoms with Crippen LogP contribution in [-0.2, 0) is 4.74 Å². The minimum atomic E-state index is -0.454. The molecule has 5 nitrogen and oxygen atoms in total. The summed E-state index contributed by atoms with van der Waals surface area (Å²) in [6.45, 7) is 8.43. The summed E-state index contributed by atoms with van der Waals surface area (Å²) in [6, 6.07) is 8.23. The molecule has 5 heteroatoms. The number of para-hydroxylation sites is 2. The molecule has 3 N–H and O–H groups in total. The van der Waals surface area contributed by atoms with Gasteiger partial charge in [-0.15, -0.1) is 0 Å². The Kier molecular flexibility index (Phi) is 4.84. The summed E-state index contributed by atoms with van der Waals surface area (Å²) < 4.78 is 5.47. The zero-order valence-corrected chi connectivity index (χ0v) is 13.9. The van der Waals surface area contributed by atoms with Crippen molar-refractivity contribution in [3.63, 3.8) is 0 Å². The van der Waals surface area contributed by atoms with E-state index in [1.165, 1.54) is 0 Å². The number of benzene rings is 1. The van der Waals surface area contributed by atoms with E-state index in [1.54, 1.807) is 0 Å². The van der Waals surface area contributed by atoms with Gasteiger partial charge in [0.25, 0.3) is 0 Å². The van der Waals surface area contributed by atoms with Crippen molar-refractivity contribution in [2.45, 2.75) is 58.2 Å². The molecule has 1 aromatic carbocycles. The van der Waals surface area contributed by atoms with Gasteiger partial charge in [-0.3, -0.25) is 0 Å². The van der Waals surface area contributed by atoms with Crippen LogP contribution in [0.1, 0.15) is 40.5 Å². The lowest BCUT2D eigenvalue weighted by Crippen LogP contribution is -2.49. The number of carbonyl (C=O) groups excluding carboxylic acids is 1. The summed E-state index contributed by atoms with van der Waals surface area (Å²) in [4.78, 5) is 14.0. The Morgan fingerprint density at radius 3 is 2.64 bits per heavy atom. The second kappa shape index (κ2) is 6.46. The second-order valence-corrected chi connectivity index (χ2v) is 6.98. The average molecular weight is 305 g/mol. The number of nitrogens with one attached hydrogen (secondary N) is 1. The molecule has 0 aromatic heterocycles. The van der Waals surface area contributed by atoms with Gasteiger partial charge in [-0.05, 0) is 52.7 Å². The minimum Gasteiger partial charge on any atom is -0.444 e. The Hall–Kier alpha value is -1.91. The normalized spacial score (nSPS) is 22.3. The third kappa shape index (κ3) is 4.29. The van der Waals surface area contributed by atoms with Crippen LogP contribution in [0.3, 0.4) is 0 Å². The highest BCUT2D eigenvalue weighted by atomic mass is 16.6. The van der Waals surface area contributed by atoms with Crippen LogP contribution < -0.4 is 11.1 Å². The first-order valence-electron chi connectivity index (χ1n) is 7.87. The van der Waals surface area contributed by atoms with Crippen LogP contribution in [-0.4, -0.2) is 35.2 Å². The number of nitrogens with zero attached hydrogens (tertiary/aromatic N) is 1. The number of amides is 1. The fourth-order valence-electron chi connectivity index (χ4n) is 2.74. The van der Waals surface area contributed by atoms with E-state index in [-0.39, 0.29) is 12.1 Å². The molecule has 1 saturated heterocycles. The lowest BCUT2D eigenvalue weighted by atomic mass is 9.98. The van der Waals surface area contributed by atoms with Crippen molar-refractivity contribution in [3.8, 4) is 0 Å². The van der Waals surface area contributed by atoms with E-state index in [2.05, 4.69) is 12.2 Å². The molecule has 0 bridgehead atoms. The molecule has 0 radical (unpaired) electrons. The third-order valence-corrected chi connectivity index (χ3v) is 3.82. The van der Waals surface area contributed by atoms with E-state index in [4.69, 9.17) is 10.5 Å². The van der Waals surface area contributed by atoms with E-state index in [0.717, 1.165) is 24.2 Å². The van der Waals surface area contributed by atoms with Crippen LogP contribution in [0.2, 0.25) is 0 Å². The number of nitrogens with two attached hydrogens (primary N) is 1. The number of rotatable bonds is 2. The molecule has 2 rings (SSSR count). The maximum absolute atomic E-state index is 12.2. The number of likely N-dealkylation sites (tertiary alicyclic amines) is 1. The van der Waals surface area contributed by atoms with Crippen molar-refractivity contribution in [1.29, 1.82) is 0 Å². The molecule has 0 aliphatic carbocycles. The molecule has 1 aliphatic rings. The molecule has 0 spiro atoms. The summed E-state index contributed by atoms with van der Waals surface area (Å²) >= 11 is 0. The molecule has 0 saturated carbocycles. The number of ether oxygens (including phenoxy) is 1. The molecular weight excluding hydrogens is 278 g/mol. The lowest BCUT2D eigenvalue weighted by molar-refractivity contribution is 0.0112. The first kappa shape index (κ1) is 16.5. The number of hydrogen-bond donors (Lipinski definition) is 2. The number of anilines is 2. The summed E-state index contributed by atoms with van der Waals surface area (Å²) in [5, 5.41) is 3.48. The van der Waals surface area contributed by atoms with Crippen LogP contribution in [0, 0.1) is 0 Å². The van der Waals surface area contributed by atoms with Crippen molar-refractivity contribution in [1.82, 2.24) is 4.90 Å². The molecule has 2 unspecified atom stereocenters. The Bertz CT molecular complexity index is 525. The quantitative estimate of drug-likeness (QED) is 0.821. The highest BCUT2D eigenvalue weighted by molar-refractivity contribution is 5.69. The summed E-state index contributed by atoms with van der Waals surface area (Å²) in [5.74, 6) is 0. The monoisotopic (exact) mass is 305 g/mol. The van der Waals surface area contributed by atoms with Gasteiger partial charge in [0, 0.05) is 18.6 Å². The fraction of sp³-hybridized carbons (Fsp3) is 0.588. The summed E-state index contributed by atoms with van der Waals surface area (Å²) in [7, 11) is 0. The zero-order valence-electron chi connectivity index (χ0n) is 13.9. The average Bonchev–Trinajstić information content (AvgIpc) is 2.39. The molecule has 1 amide bonds. The van der Waals surface area contributed by atoms with E-state index in [1.807, 2.05) is 49.9 Å². The van der Waals surface area contributed by atoms with Gasteiger partial charge in [0.05, 0.1) is 11.4 Å². The highest BCUT2D eigenvalue weighted by Gasteiger charge is 2.31. The van der Waals surface area contributed by atoms with E-state index in [9.17, 15) is 4.79 Å². The van der Waals surface area contributed by atoms with Crippen molar-refractivity contribution in [2.24, 2.45) is 0 Å². The SMILES string of the molecule is CC1CC(Nc2ccccc2N)CCN1C(=O)OC(C)(C)C. The molecular formula is C17H27N3O2. The Labute approximate surface area is 132 Å². The van der Waals surface area contributed by atoms with Gasteiger partial charge in [-0.1, -0.05) is 12.1 Å². The van der Waals surface area contributed by atoms with Gasteiger partial charge in [0.2, 0.25) is 0 Å². The van der Waals surface area contributed by atoms with E-state index >= 15 is 0 Å². The third-order valence-electron chi connectivity index (χ3n) is 3.82. The maximum Gasteiger partial charge on any atom is 0.410 e. The fourth-order valence-corrected chi connectivity index (χ4v) is 2.74. The van der Waals surface area contributed by atoms with Crippen LogP contribution in [0.15, 0.2) is 24.3 Å². The topological polar surface area (TPSA) is 67.6 Å². The Balaban J connectivity index is 1.93. The maximum atomic E-state index is 12.2. The van der Waals surface area contributed by atoms with Crippen LogP contribution in [0.5, 0.6) is 0 Å². The van der Waals surface area contributed by atoms with Gasteiger partial charge in [0.15, 0.2) is 0 Å². The second-order valence-electron chi connectivity index (χ2n) is 6.98. The Morgan fingerprint density at radius 1 is 1.36 bits per heavy atom. The van der Waals surface area contributed by atoms with Crippen molar-refractivity contribution in [3.05, 3.63) is 24.3 Å². The number of hydrogen-bond acceptors (Lipinski definition) is 4. The number of piperidine rings is 1. The smallest absolute Gasteiger partial charge is 0.410 e. The first-order chi connectivity index (χ1) is 10.3. The Morgan fingerprint density at radius 2 is 2.05 bits per heavy atom. The predicted octanol–water partition coefficient (Wildman–Crippen LogP) is 3.47. The zero-order chi connectivity index (χ0) is 16.3. The van der Waals surface area contributed by atoms with Crippen LogP contribution in [0.25, 0.3) is 0 Å². The minimum absolute atomic E-state index is 0.144. The summed E-state index contributed by atoms with van der Waals surface area (Å²) in [5.41, 5.74) is 7.23. The van der Waals surface area contributed by atoms with Crippen molar-refractivity contribution >= 4 is 17.5 Å². The molecule has 1 fully saturated rings. The van der Waals surface area contributed by atoms with Crippen molar-refractivity contribution < 1.29 is 9.53 Å². The van der Waals surface area contributed by atoms with Crippen molar-refractivity contribution in [2.75, 3.05) is 17.6 Å². The van der Waals surface area contributed by atoms with Gasteiger partial charge in [-0.25, -0.2) is 4.79 Å². The standard InChI is InChI=1S/C17H27N3O2/c1-12-11-13(19-15-8-6-5-7-14(15)18)9-10-20(12)16(21)22-17(2,3)4/h5-8,12-13,19H,9-11,18H2,1-4H3. The highest BCUT2D eigenvalue weighted by Crippen LogP contribution is 2.25. The van der Waals surface area contributed by atoms with Gasteiger partial charge < -0.3 is 20.7 Å². The molecule has 1 aromatic rings. The van der Waals surface area contributed by atoms with Gasteiger partial charge in [-0.2, -0.15) is 0 Å². The lowest BCUT2D eigenvalue weighted by Gasteiger charge is -2.39. The molecule has 1 aliphatic heterocycles. The van der Waals surface area contributed by atoms with E-state index in [0.29, 0.717) is 12.6 Å². The largest absolute Gasteiger partial charge is 0.444 e. The first-order valence-corrected chi connectivity index (χ1v) is 7.87. The van der Waals surface area contributed by atoms with Gasteiger partial charge in [0.1, 0.15) is 5.60 Å². The van der Waals surface area contributed by atoms with Gasteiger partial charge >= 0.3 is 6.09 Å². The predicted molar refractivity (Wildman–Crippen MR) is 89.9 cm³/mol. The van der Waals surface area contributed by atoms with Crippen LogP contribution >= 0.6 is 0 Å².